The van der Waals surface area contributed by atoms with Gasteiger partial charge >= 0.3 is 0 Å². The van der Waals surface area contributed by atoms with Crippen molar-refractivity contribution in [3.63, 3.8) is 0 Å². The van der Waals surface area contributed by atoms with E-state index in [9.17, 15) is 4.79 Å². The van der Waals surface area contributed by atoms with Crippen molar-refractivity contribution in [2.24, 2.45) is 0 Å². The lowest BCUT2D eigenvalue weighted by atomic mass is 9.98. The Hall–Kier alpha value is -1.15. The van der Waals surface area contributed by atoms with Crippen molar-refractivity contribution < 1.29 is 4.79 Å². The highest BCUT2D eigenvalue weighted by Crippen LogP contribution is 2.13. The number of hydrogen-bond acceptors (Lipinski definition) is 2. The number of nitrogens with one attached hydrogen (secondary N) is 1. The second-order valence-electron chi connectivity index (χ2n) is 4.26. The van der Waals surface area contributed by atoms with Crippen LogP contribution in [0.3, 0.4) is 0 Å². The van der Waals surface area contributed by atoms with Crippen LogP contribution in [-0.2, 0) is 11.2 Å². The minimum absolute atomic E-state index is 0.269. The van der Waals surface area contributed by atoms with Gasteiger partial charge in [0.05, 0.1) is 6.54 Å². The first-order chi connectivity index (χ1) is 7.65. The first-order valence-corrected chi connectivity index (χ1v) is 5.92. The molecule has 88 valence electrons. The molecule has 0 fully saturated rings. The quantitative estimate of drug-likeness (QED) is 0.744. The van der Waals surface area contributed by atoms with Gasteiger partial charge in [-0.25, -0.2) is 0 Å². The summed E-state index contributed by atoms with van der Waals surface area (Å²) in [5, 5.41) is 3.14. The Bertz CT molecular complexity index is 338. The maximum atomic E-state index is 11.7. The zero-order valence-electron chi connectivity index (χ0n) is 10.5. The Morgan fingerprint density at radius 3 is 2.44 bits per heavy atom. The number of aryl methyl sites for hydroxylation is 2. The van der Waals surface area contributed by atoms with E-state index in [0.29, 0.717) is 13.0 Å². The molecule has 0 aliphatic rings. The average molecular weight is 219 g/mol. The van der Waals surface area contributed by atoms with Crippen molar-refractivity contribution in [2.75, 3.05) is 13.1 Å². The Morgan fingerprint density at radius 2 is 1.88 bits per heavy atom. The van der Waals surface area contributed by atoms with Gasteiger partial charge in [0.15, 0.2) is 5.78 Å². The number of rotatable bonds is 6. The van der Waals surface area contributed by atoms with E-state index < -0.39 is 0 Å². The smallest absolute Gasteiger partial charge is 0.150 e. The highest BCUT2D eigenvalue weighted by molar-refractivity contribution is 5.83. The number of benzene rings is 1. The van der Waals surface area contributed by atoms with Crippen LogP contribution in [0.25, 0.3) is 0 Å². The van der Waals surface area contributed by atoms with Crippen molar-refractivity contribution >= 4 is 5.78 Å². The Balaban J connectivity index is 2.56. The summed E-state index contributed by atoms with van der Waals surface area (Å²) < 4.78 is 0. The predicted octanol–water partition coefficient (Wildman–Crippen LogP) is 2.41. The second-order valence-corrected chi connectivity index (χ2v) is 4.26. The van der Waals surface area contributed by atoms with Gasteiger partial charge < -0.3 is 5.32 Å². The SMILES string of the molecule is CCCNCC(=O)Cc1c(C)cccc1C. The predicted molar refractivity (Wildman–Crippen MR) is 67.8 cm³/mol. The molecule has 2 heteroatoms. The molecule has 16 heavy (non-hydrogen) atoms. The standard InChI is InChI=1S/C14H21NO/c1-4-8-15-10-13(16)9-14-11(2)6-5-7-12(14)3/h5-7,15H,4,8-10H2,1-3H3. The maximum Gasteiger partial charge on any atom is 0.150 e. The Morgan fingerprint density at radius 1 is 1.25 bits per heavy atom. The van der Waals surface area contributed by atoms with Crippen molar-refractivity contribution in [1.29, 1.82) is 0 Å². The molecule has 1 N–H and O–H groups in total. The van der Waals surface area contributed by atoms with Gasteiger partial charge in [-0.3, -0.25) is 4.79 Å². The van der Waals surface area contributed by atoms with Crippen LogP contribution in [0.5, 0.6) is 0 Å². The Kier molecular flexibility index (Phi) is 5.20. The zero-order chi connectivity index (χ0) is 12.0. The van der Waals surface area contributed by atoms with Crippen LogP contribution in [-0.4, -0.2) is 18.9 Å². The first-order valence-electron chi connectivity index (χ1n) is 5.92. The molecule has 0 saturated heterocycles. The minimum atomic E-state index is 0.269. The second kappa shape index (κ2) is 6.44. The third-order valence-electron chi connectivity index (χ3n) is 2.77. The van der Waals surface area contributed by atoms with Crippen LogP contribution in [0, 0.1) is 13.8 Å². The number of Topliss-reactive ketones (excluding diaryl/α,β-unsaturated/α-hetero) is 1. The van der Waals surface area contributed by atoms with E-state index >= 15 is 0 Å². The van der Waals surface area contributed by atoms with E-state index in [1.165, 1.54) is 16.7 Å². The molecule has 0 unspecified atom stereocenters. The molecule has 1 aromatic carbocycles. The third kappa shape index (κ3) is 3.78. The van der Waals surface area contributed by atoms with E-state index in [4.69, 9.17) is 0 Å². The van der Waals surface area contributed by atoms with E-state index in [0.717, 1.165) is 13.0 Å². The summed E-state index contributed by atoms with van der Waals surface area (Å²) in [5.41, 5.74) is 3.61. The fourth-order valence-corrected chi connectivity index (χ4v) is 1.79. The summed E-state index contributed by atoms with van der Waals surface area (Å²) in [6.07, 6.45) is 1.62. The van der Waals surface area contributed by atoms with Crippen LogP contribution in [0.1, 0.15) is 30.0 Å². The van der Waals surface area contributed by atoms with Crippen LogP contribution in [0.15, 0.2) is 18.2 Å². The minimum Gasteiger partial charge on any atom is -0.310 e. The van der Waals surface area contributed by atoms with Crippen molar-refractivity contribution in [3.8, 4) is 0 Å². The zero-order valence-corrected chi connectivity index (χ0v) is 10.5. The summed E-state index contributed by atoms with van der Waals surface area (Å²) in [5.74, 6) is 0.269. The van der Waals surface area contributed by atoms with Gasteiger partial charge in [0.2, 0.25) is 0 Å². The highest BCUT2D eigenvalue weighted by Gasteiger charge is 2.07. The molecule has 0 amide bonds. The van der Waals surface area contributed by atoms with Crippen molar-refractivity contribution in [2.45, 2.75) is 33.6 Å². The lowest BCUT2D eigenvalue weighted by Crippen LogP contribution is -2.25. The summed E-state index contributed by atoms with van der Waals surface area (Å²) >= 11 is 0. The monoisotopic (exact) mass is 219 g/mol. The molecule has 0 bridgehead atoms. The van der Waals surface area contributed by atoms with Crippen LogP contribution < -0.4 is 5.32 Å². The number of carbonyl (C=O) groups excluding carboxylic acids is 1. The summed E-state index contributed by atoms with van der Waals surface area (Å²) in [6, 6.07) is 6.16. The molecule has 0 heterocycles. The molecule has 0 aliphatic carbocycles. The fraction of sp³-hybridized carbons (Fsp3) is 0.500. The fourth-order valence-electron chi connectivity index (χ4n) is 1.79. The summed E-state index contributed by atoms with van der Waals surface area (Å²) in [4.78, 5) is 11.7. The Labute approximate surface area is 98.1 Å². The molecule has 0 aromatic heterocycles. The molecule has 0 radical (unpaired) electrons. The molecule has 0 spiro atoms. The van der Waals surface area contributed by atoms with Gasteiger partial charge in [-0.05, 0) is 43.5 Å². The van der Waals surface area contributed by atoms with Gasteiger partial charge in [0.25, 0.3) is 0 Å². The third-order valence-corrected chi connectivity index (χ3v) is 2.77. The average Bonchev–Trinajstić information content (AvgIpc) is 2.24. The van der Waals surface area contributed by atoms with E-state index in [2.05, 4.69) is 38.2 Å². The van der Waals surface area contributed by atoms with Crippen LogP contribution in [0.2, 0.25) is 0 Å². The molecule has 0 saturated carbocycles. The number of ketones is 1. The van der Waals surface area contributed by atoms with Crippen molar-refractivity contribution in [1.82, 2.24) is 5.32 Å². The molecule has 0 aliphatic heterocycles. The molecule has 0 atom stereocenters. The molecule has 1 rings (SSSR count). The van der Waals surface area contributed by atoms with Gasteiger partial charge in [0.1, 0.15) is 0 Å². The molecular formula is C14H21NO. The molecule has 1 aromatic rings. The topological polar surface area (TPSA) is 29.1 Å². The van der Waals surface area contributed by atoms with Crippen molar-refractivity contribution in [3.05, 3.63) is 34.9 Å². The first kappa shape index (κ1) is 12.9. The summed E-state index contributed by atoms with van der Waals surface area (Å²) in [6.45, 7) is 7.63. The number of carbonyl (C=O) groups is 1. The number of hydrogen-bond donors (Lipinski definition) is 1. The maximum absolute atomic E-state index is 11.7. The highest BCUT2D eigenvalue weighted by atomic mass is 16.1. The van der Waals surface area contributed by atoms with E-state index in [-0.39, 0.29) is 5.78 Å². The lowest BCUT2D eigenvalue weighted by molar-refractivity contribution is -0.117. The largest absolute Gasteiger partial charge is 0.310 e. The van der Waals surface area contributed by atoms with Crippen LogP contribution >= 0.6 is 0 Å². The van der Waals surface area contributed by atoms with E-state index in [1.54, 1.807) is 0 Å². The lowest BCUT2D eigenvalue weighted by Gasteiger charge is -2.09. The van der Waals surface area contributed by atoms with Gasteiger partial charge in [-0.2, -0.15) is 0 Å². The van der Waals surface area contributed by atoms with E-state index in [1.807, 2.05) is 6.07 Å². The summed E-state index contributed by atoms with van der Waals surface area (Å²) in [7, 11) is 0. The normalized spacial score (nSPS) is 10.4. The van der Waals surface area contributed by atoms with Gasteiger partial charge in [0, 0.05) is 6.42 Å². The van der Waals surface area contributed by atoms with Gasteiger partial charge in [-0.1, -0.05) is 25.1 Å². The van der Waals surface area contributed by atoms with Gasteiger partial charge in [-0.15, -0.1) is 0 Å². The molecule has 2 nitrogen and oxygen atoms in total. The molecular weight excluding hydrogens is 198 g/mol. The van der Waals surface area contributed by atoms with Crippen LogP contribution in [0.4, 0.5) is 0 Å².